The second-order valence-corrected chi connectivity index (χ2v) is 9.69. The van der Waals surface area contributed by atoms with E-state index in [0.29, 0.717) is 33.0 Å². The summed E-state index contributed by atoms with van der Waals surface area (Å²) in [6.45, 7) is 6.33. The van der Waals surface area contributed by atoms with Crippen LogP contribution in [0.1, 0.15) is 35.9 Å². The van der Waals surface area contributed by atoms with Crippen molar-refractivity contribution in [2.24, 2.45) is 0 Å². The molecule has 1 heterocycles. The fourth-order valence-electron chi connectivity index (χ4n) is 2.97. The Morgan fingerprint density at radius 2 is 1.92 bits per heavy atom. The van der Waals surface area contributed by atoms with Crippen molar-refractivity contribution in [3.8, 4) is 23.3 Å². The molecule has 0 aliphatic rings. The minimum atomic E-state index is -0.603. The zero-order chi connectivity index (χ0) is 26.2. The molecule has 3 rings (SSSR count). The van der Waals surface area contributed by atoms with Crippen LogP contribution in [0.4, 0.5) is 5.13 Å². The van der Waals surface area contributed by atoms with Crippen LogP contribution in [0, 0.1) is 18.3 Å². The summed E-state index contributed by atoms with van der Waals surface area (Å²) in [7, 11) is 1.47. The lowest BCUT2D eigenvalue weighted by Crippen LogP contribution is -2.13. The molecule has 1 aromatic heterocycles. The van der Waals surface area contributed by atoms with E-state index in [1.807, 2.05) is 32.9 Å². The van der Waals surface area contributed by atoms with Crippen molar-refractivity contribution in [1.29, 1.82) is 5.26 Å². The third-order valence-electron chi connectivity index (χ3n) is 4.81. The fraction of sp³-hybridized carbons (Fsp3) is 0.280. The van der Waals surface area contributed by atoms with E-state index in [1.54, 1.807) is 24.3 Å². The quantitative estimate of drug-likeness (QED) is 0.181. The maximum atomic E-state index is 12.6. The number of nitriles is 1. The minimum absolute atomic E-state index is 0.130. The minimum Gasteiger partial charge on any atom is -0.493 e. The molecule has 1 amide bonds. The average Bonchev–Trinajstić information content (AvgIpc) is 3.31. The molecule has 0 aliphatic carbocycles. The van der Waals surface area contributed by atoms with E-state index < -0.39 is 5.91 Å². The smallest absolute Gasteiger partial charge is 0.268 e. The first-order chi connectivity index (χ1) is 17.2. The Balaban J connectivity index is 1.68. The van der Waals surface area contributed by atoms with Crippen molar-refractivity contribution in [3.05, 3.63) is 62.1 Å². The van der Waals surface area contributed by atoms with Gasteiger partial charge in [0.25, 0.3) is 5.91 Å². The van der Waals surface area contributed by atoms with Gasteiger partial charge in [-0.2, -0.15) is 5.26 Å². The van der Waals surface area contributed by atoms with Crippen LogP contribution in [-0.2, 0) is 4.79 Å². The number of hydrogen-bond donors (Lipinski definition) is 1. The Morgan fingerprint density at radius 1 is 1.17 bits per heavy atom. The molecule has 0 saturated heterocycles. The summed E-state index contributed by atoms with van der Waals surface area (Å²) in [6.07, 6.45) is 1.41. The monoisotopic (exact) mass is 546 g/mol. The number of carbonyl (C=O) groups excluding carboxylic acids is 1. The predicted octanol–water partition coefficient (Wildman–Crippen LogP) is 6.29. The third kappa shape index (κ3) is 7.10. The molecule has 8 nitrogen and oxygen atoms in total. The van der Waals surface area contributed by atoms with Gasteiger partial charge in [-0.1, -0.05) is 48.4 Å². The number of benzene rings is 2. The van der Waals surface area contributed by atoms with Crippen molar-refractivity contribution in [1.82, 2.24) is 10.2 Å². The molecular weight excluding hydrogens is 523 g/mol. The van der Waals surface area contributed by atoms with Crippen LogP contribution >= 0.6 is 34.5 Å². The first kappa shape index (κ1) is 27.3. The molecule has 0 unspecified atom stereocenters. The van der Waals surface area contributed by atoms with Gasteiger partial charge in [0.05, 0.1) is 12.1 Å². The largest absolute Gasteiger partial charge is 0.493 e. The molecule has 11 heteroatoms. The van der Waals surface area contributed by atoms with Crippen LogP contribution in [0.3, 0.4) is 0 Å². The van der Waals surface area contributed by atoms with Crippen molar-refractivity contribution >= 4 is 51.7 Å². The van der Waals surface area contributed by atoms with Crippen LogP contribution in [-0.4, -0.2) is 36.4 Å². The Bertz CT molecular complexity index is 1320. The Labute approximate surface area is 223 Å². The summed E-state index contributed by atoms with van der Waals surface area (Å²) in [5.74, 6) is 0.927. The van der Waals surface area contributed by atoms with Gasteiger partial charge < -0.3 is 14.2 Å². The van der Waals surface area contributed by atoms with Gasteiger partial charge in [-0.05, 0) is 54.5 Å². The molecule has 0 saturated carbocycles. The standard InChI is InChI=1S/C25H24Cl2N4O4S/c1-14(2)24-30-31-25(36-24)29-23(32)17(13-28)10-16-11-20(27)22(21(12-16)33-4)35-8-7-34-18-5-6-19(26)15(3)9-18/h5-6,9-12,14H,7-8H2,1-4H3,(H,29,31,32)/b17-10-. The number of nitrogens with zero attached hydrogens (tertiary/aromatic N) is 3. The van der Waals surface area contributed by atoms with Gasteiger partial charge >= 0.3 is 0 Å². The van der Waals surface area contributed by atoms with Gasteiger partial charge in [0.2, 0.25) is 5.13 Å². The summed E-state index contributed by atoms with van der Waals surface area (Å²) >= 11 is 13.7. The SMILES string of the molecule is COc1cc(/C=C(/C#N)C(=O)Nc2nnc(C(C)C)s2)cc(Cl)c1OCCOc1ccc(Cl)c(C)c1. The zero-order valence-electron chi connectivity index (χ0n) is 20.1. The van der Waals surface area contributed by atoms with E-state index in [-0.39, 0.29) is 29.7 Å². The number of methoxy groups -OCH3 is 1. The fourth-order valence-corrected chi connectivity index (χ4v) is 4.10. The normalized spacial score (nSPS) is 11.2. The number of rotatable bonds is 10. The molecule has 2 aromatic carbocycles. The van der Waals surface area contributed by atoms with Gasteiger partial charge in [0, 0.05) is 10.9 Å². The number of ether oxygens (including phenoxy) is 3. The molecule has 36 heavy (non-hydrogen) atoms. The number of carbonyl (C=O) groups is 1. The van der Waals surface area contributed by atoms with Crippen LogP contribution < -0.4 is 19.5 Å². The van der Waals surface area contributed by atoms with Crippen LogP contribution in [0.2, 0.25) is 10.0 Å². The Hall–Kier alpha value is -3.32. The molecule has 0 radical (unpaired) electrons. The molecular formula is C25H24Cl2N4O4S. The molecule has 0 atom stereocenters. The van der Waals surface area contributed by atoms with E-state index in [4.69, 9.17) is 37.4 Å². The lowest BCUT2D eigenvalue weighted by molar-refractivity contribution is -0.112. The highest BCUT2D eigenvalue weighted by atomic mass is 35.5. The maximum Gasteiger partial charge on any atom is 0.268 e. The molecule has 0 aliphatic heterocycles. The van der Waals surface area contributed by atoms with Gasteiger partial charge in [-0.3, -0.25) is 10.1 Å². The Kier molecular flexibility index (Phi) is 9.53. The molecule has 0 spiro atoms. The number of anilines is 1. The van der Waals surface area contributed by atoms with Crippen molar-refractivity contribution in [2.45, 2.75) is 26.7 Å². The van der Waals surface area contributed by atoms with Crippen LogP contribution in [0.15, 0.2) is 35.9 Å². The van der Waals surface area contributed by atoms with Crippen molar-refractivity contribution in [3.63, 3.8) is 0 Å². The maximum absolute atomic E-state index is 12.6. The van der Waals surface area contributed by atoms with Crippen LogP contribution in [0.25, 0.3) is 6.08 Å². The van der Waals surface area contributed by atoms with E-state index in [2.05, 4.69) is 15.5 Å². The number of aryl methyl sites for hydroxylation is 1. The number of halogens is 2. The number of hydrogen-bond acceptors (Lipinski definition) is 8. The summed E-state index contributed by atoms with van der Waals surface area (Å²) in [6, 6.07) is 10.5. The number of aromatic nitrogens is 2. The molecule has 0 bridgehead atoms. The Morgan fingerprint density at radius 3 is 2.56 bits per heavy atom. The topological polar surface area (TPSA) is 106 Å². The summed E-state index contributed by atoms with van der Waals surface area (Å²) in [5.41, 5.74) is 1.27. The molecule has 0 fully saturated rings. The zero-order valence-corrected chi connectivity index (χ0v) is 22.4. The first-order valence-electron chi connectivity index (χ1n) is 10.9. The summed E-state index contributed by atoms with van der Waals surface area (Å²) in [4.78, 5) is 12.6. The number of amides is 1. The lowest BCUT2D eigenvalue weighted by Gasteiger charge is -2.14. The van der Waals surface area contributed by atoms with E-state index >= 15 is 0 Å². The molecule has 188 valence electrons. The second-order valence-electron chi connectivity index (χ2n) is 7.87. The van der Waals surface area contributed by atoms with Gasteiger partial charge in [0.15, 0.2) is 11.5 Å². The number of nitrogens with one attached hydrogen (secondary N) is 1. The van der Waals surface area contributed by atoms with Gasteiger partial charge in [-0.15, -0.1) is 10.2 Å². The lowest BCUT2D eigenvalue weighted by atomic mass is 10.1. The first-order valence-corrected chi connectivity index (χ1v) is 12.4. The highest BCUT2D eigenvalue weighted by Crippen LogP contribution is 2.37. The third-order valence-corrected chi connectivity index (χ3v) is 6.65. The molecule has 3 aromatic rings. The van der Waals surface area contributed by atoms with E-state index in [1.165, 1.54) is 24.5 Å². The van der Waals surface area contributed by atoms with Gasteiger partial charge in [0.1, 0.15) is 35.6 Å². The second kappa shape index (κ2) is 12.6. The summed E-state index contributed by atoms with van der Waals surface area (Å²) < 4.78 is 16.9. The van der Waals surface area contributed by atoms with Crippen molar-refractivity contribution in [2.75, 3.05) is 25.6 Å². The average molecular weight is 547 g/mol. The molecule has 1 N–H and O–H groups in total. The summed E-state index contributed by atoms with van der Waals surface area (Å²) in [5, 5.41) is 22.1. The predicted molar refractivity (Wildman–Crippen MR) is 141 cm³/mol. The van der Waals surface area contributed by atoms with E-state index in [0.717, 1.165) is 10.6 Å². The van der Waals surface area contributed by atoms with Crippen molar-refractivity contribution < 1.29 is 19.0 Å². The highest BCUT2D eigenvalue weighted by molar-refractivity contribution is 7.15. The van der Waals surface area contributed by atoms with E-state index in [9.17, 15) is 10.1 Å². The highest BCUT2D eigenvalue weighted by Gasteiger charge is 2.16. The van der Waals surface area contributed by atoms with Gasteiger partial charge in [-0.25, -0.2) is 0 Å². The van der Waals surface area contributed by atoms with Crippen LogP contribution in [0.5, 0.6) is 17.2 Å².